The maximum absolute atomic E-state index is 9.80. The Balaban J connectivity index is 2.10. The first-order chi connectivity index (χ1) is 8.04. The van der Waals surface area contributed by atoms with Gasteiger partial charge < -0.3 is 30.7 Å². The molecule has 2 aliphatic heterocycles. The van der Waals surface area contributed by atoms with Crippen LogP contribution >= 0.6 is 12.6 Å². The lowest BCUT2D eigenvalue weighted by Gasteiger charge is -2.30. The minimum atomic E-state index is -1.12. The summed E-state index contributed by atoms with van der Waals surface area (Å²) in [4.78, 5) is 6.03. The molecule has 96 valence electrons. The number of aliphatic hydroxyl groups excluding tert-OH is 3. The van der Waals surface area contributed by atoms with Gasteiger partial charge in [-0.2, -0.15) is 0 Å². The number of hydrogen-bond donors (Lipinski definition) is 5. The first-order valence-corrected chi connectivity index (χ1v) is 5.58. The van der Waals surface area contributed by atoms with Crippen molar-refractivity contribution in [3.8, 4) is 0 Å². The van der Waals surface area contributed by atoms with Crippen LogP contribution in [-0.2, 0) is 4.74 Å². The van der Waals surface area contributed by atoms with E-state index in [9.17, 15) is 10.2 Å². The molecule has 2 heterocycles. The van der Waals surface area contributed by atoms with Gasteiger partial charge in [0.25, 0.3) is 0 Å². The van der Waals surface area contributed by atoms with Crippen molar-refractivity contribution in [3.63, 3.8) is 0 Å². The highest BCUT2D eigenvalue weighted by Crippen LogP contribution is 2.26. The fourth-order valence-electron chi connectivity index (χ4n) is 1.81. The van der Waals surface area contributed by atoms with Crippen LogP contribution in [0.3, 0.4) is 0 Å². The number of aliphatic hydroxyl groups is 3. The molecule has 4 atom stereocenters. The molecule has 0 aromatic heterocycles. The minimum absolute atomic E-state index is 0.211. The van der Waals surface area contributed by atoms with Crippen LogP contribution in [0, 0.1) is 0 Å². The summed E-state index contributed by atoms with van der Waals surface area (Å²) in [5.41, 5.74) is 5.54. The van der Waals surface area contributed by atoms with Crippen LogP contribution in [0.2, 0.25) is 0 Å². The highest BCUT2D eigenvalue weighted by atomic mass is 32.1. The summed E-state index contributed by atoms with van der Waals surface area (Å²) in [7, 11) is 0. The average Bonchev–Trinajstić information content (AvgIpc) is 2.60. The Hall–Kier alpha value is -0.800. The molecule has 0 radical (unpaired) electrons. The second-order valence-corrected chi connectivity index (χ2v) is 4.42. The Morgan fingerprint density at radius 1 is 1.53 bits per heavy atom. The largest absolute Gasteiger partial charge is 0.394 e. The van der Waals surface area contributed by atoms with Gasteiger partial charge >= 0.3 is 0 Å². The van der Waals surface area contributed by atoms with E-state index >= 15 is 0 Å². The molecule has 1 fully saturated rings. The molecule has 0 bridgehead atoms. The van der Waals surface area contributed by atoms with Crippen LogP contribution in [-0.4, -0.2) is 63.9 Å². The Morgan fingerprint density at radius 3 is 2.76 bits per heavy atom. The molecule has 8 heteroatoms. The molecule has 0 spiro atoms. The van der Waals surface area contributed by atoms with Gasteiger partial charge in [-0.25, -0.2) is 4.99 Å². The molecule has 1 saturated heterocycles. The lowest BCUT2D eigenvalue weighted by atomic mass is 10.1. The molecule has 2 aliphatic rings. The van der Waals surface area contributed by atoms with Gasteiger partial charge in [-0.15, -0.1) is 12.6 Å². The molecule has 0 aliphatic carbocycles. The van der Waals surface area contributed by atoms with E-state index in [0.717, 1.165) is 0 Å². The van der Waals surface area contributed by atoms with Crippen LogP contribution in [0.4, 0.5) is 0 Å². The summed E-state index contributed by atoms with van der Waals surface area (Å²) < 4.78 is 5.35. The third-order valence-corrected chi connectivity index (χ3v) is 3.14. The van der Waals surface area contributed by atoms with Crippen molar-refractivity contribution in [1.29, 1.82) is 0 Å². The van der Waals surface area contributed by atoms with Crippen molar-refractivity contribution in [2.24, 2.45) is 10.7 Å². The van der Waals surface area contributed by atoms with Gasteiger partial charge in [-0.1, -0.05) is 0 Å². The van der Waals surface area contributed by atoms with Gasteiger partial charge in [0, 0.05) is 6.20 Å². The van der Waals surface area contributed by atoms with Gasteiger partial charge in [0.2, 0.25) is 0 Å². The van der Waals surface area contributed by atoms with Crippen LogP contribution in [0.25, 0.3) is 0 Å². The average molecular weight is 261 g/mol. The molecule has 0 aromatic rings. The Labute approximate surface area is 104 Å². The molecule has 2 rings (SSSR count). The number of hydrogen-bond acceptors (Lipinski definition) is 8. The van der Waals surface area contributed by atoms with Crippen molar-refractivity contribution in [1.82, 2.24) is 4.90 Å². The molecular formula is C9H15N3O4S. The predicted molar refractivity (Wildman–Crippen MR) is 63.2 cm³/mol. The lowest BCUT2D eigenvalue weighted by Crippen LogP contribution is -2.43. The molecular weight excluding hydrogens is 246 g/mol. The van der Waals surface area contributed by atoms with Gasteiger partial charge in [0.1, 0.15) is 30.8 Å². The zero-order valence-electron chi connectivity index (χ0n) is 8.97. The van der Waals surface area contributed by atoms with Crippen molar-refractivity contribution in [2.75, 3.05) is 13.3 Å². The number of aliphatic imine (C=N–C) groups is 1. The van der Waals surface area contributed by atoms with Gasteiger partial charge in [0.05, 0.1) is 11.5 Å². The Bertz CT molecular complexity index is 362. The van der Waals surface area contributed by atoms with Crippen molar-refractivity contribution in [2.45, 2.75) is 24.5 Å². The molecule has 0 saturated carbocycles. The van der Waals surface area contributed by atoms with Crippen LogP contribution in [0.5, 0.6) is 0 Å². The highest BCUT2D eigenvalue weighted by Gasteiger charge is 2.44. The second kappa shape index (κ2) is 4.83. The summed E-state index contributed by atoms with van der Waals surface area (Å²) in [5, 5.41) is 28.4. The van der Waals surface area contributed by atoms with Crippen molar-refractivity contribution < 1.29 is 20.1 Å². The van der Waals surface area contributed by atoms with Crippen molar-refractivity contribution >= 4 is 18.5 Å². The minimum Gasteiger partial charge on any atom is -0.394 e. The zero-order valence-corrected chi connectivity index (χ0v) is 9.86. The van der Waals surface area contributed by atoms with Gasteiger partial charge in [-0.3, -0.25) is 0 Å². The summed E-state index contributed by atoms with van der Waals surface area (Å²) in [6.45, 7) is -0.145. The number of ether oxygens (including phenoxy) is 1. The molecule has 0 amide bonds. The third kappa shape index (κ3) is 2.26. The molecule has 1 unspecified atom stereocenters. The maximum Gasteiger partial charge on any atom is 0.160 e. The van der Waals surface area contributed by atoms with E-state index in [2.05, 4.69) is 17.6 Å². The van der Waals surface area contributed by atoms with Crippen molar-refractivity contribution in [3.05, 3.63) is 11.1 Å². The van der Waals surface area contributed by atoms with E-state index in [1.165, 1.54) is 0 Å². The highest BCUT2D eigenvalue weighted by molar-refractivity contribution is 7.85. The number of rotatable bonds is 2. The summed E-state index contributed by atoms with van der Waals surface area (Å²) >= 11 is 4.12. The predicted octanol–water partition coefficient (Wildman–Crippen LogP) is -2.17. The van der Waals surface area contributed by atoms with Crippen LogP contribution < -0.4 is 5.73 Å². The smallest absolute Gasteiger partial charge is 0.160 e. The topological polar surface area (TPSA) is 112 Å². The lowest BCUT2D eigenvalue weighted by molar-refractivity contribution is -0.0791. The quantitative estimate of drug-likeness (QED) is 0.362. The van der Waals surface area contributed by atoms with E-state index in [1.54, 1.807) is 11.1 Å². The maximum atomic E-state index is 9.80. The Morgan fingerprint density at radius 2 is 2.24 bits per heavy atom. The number of nitrogens with two attached hydrogens (primary N) is 1. The standard InChI is InChI=1S/C9H15N3O4S/c10-8-5(17)1-12(3-11-8)9-7(15)6(14)4(2-13)16-9/h1,4,6-7,9,13-15,17H,2-3H2,(H2,10,11)/t4-,6-,7-,9?/m1/s1. The van der Waals surface area contributed by atoms with E-state index < -0.39 is 24.5 Å². The number of thiol groups is 1. The van der Waals surface area contributed by atoms with Crippen LogP contribution in [0.15, 0.2) is 16.1 Å². The normalized spacial score (nSPS) is 38.0. The zero-order chi connectivity index (χ0) is 12.6. The van der Waals surface area contributed by atoms with E-state index in [-0.39, 0.29) is 13.3 Å². The van der Waals surface area contributed by atoms with E-state index in [1.807, 2.05) is 0 Å². The van der Waals surface area contributed by atoms with E-state index in [0.29, 0.717) is 10.7 Å². The Kier molecular flexibility index (Phi) is 3.59. The SMILES string of the molecule is NC1=NCN(C2O[C@H](CO)[C@@H](O)[C@H]2O)C=C1S. The fourth-order valence-corrected chi connectivity index (χ4v) is 2.03. The summed E-state index contributed by atoms with van der Waals surface area (Å²) in [6, 6.07) is 0. The molecule has 0 aromatic carbocycles. The molecule has 17 heavy (non-hydrogen) atoms. The van der Waals surface area contributed by atoms with Gasteiger partial charge in [0.15, 0.2) is 6.23 Å². The first-order valence-electron chi connectivity index (χ1n) is 5.14. The van der Waals surface area contributed by atoms with Crippen LogP contribution in [0.1, 0.15) is 0 Å². The summed E-state index contributed by atoms with van der Waals surface area (Å²) in [6.07, 6.45) is -2.20. The molecule has 5 N–H and O–H groups in total. The first kappa shape index (κ1) is 12.7. The van der Waals surface area contributed by atoms with Gasteiger partial charge in [-0.05, 0) is 0 Å². The molecule has 7 nitrogen and oxygen atoms in total. The van der Waals surface area contributed by atoms with E-state index in [4.69, 9.17) is 15.6 Å². The monoisotopic (exact) mass is 261 g/mol. The second-order valence-electron chi connectivity index (χ2n) is 3.94. The third-order valence-electron chi connectivity index (χ3n) is 2.80. The summed E-state index contributed by atoms with van der Waals surface area (Å²) in [5.74, 6) is 0.316. The fraction of sp³-hybridized carbons (Fsp3) is 0.667. The number of amidine groups is 1. The number of nitrogens with zero attached hydrogens (tertiary/aromatic N) is 2.